The van der Waals surface area contributed by atoms with E-state index in [4.69, 9.17) is 4.74 Å². The highest BCUT2D eigenvalue weighted by molar-refractivity contribution is 8.00. The van der Waals surface area contributed by atoms with Crippen molar-refractivity contribution in [1.82, 2.24) is 0 Å². The summed E-state index contributed by atoms with van der Waals surface area (Å²) in [7, 11) is 1.35. The molecule has 1 atom stereocenters. The van der Waals surface area contributed by atoms with E-state index in [0.29, 0.717) is 6.42 Å². The van der Waals surface area contributed by atoms with Crippen LogP contribution < -0.4 is 0 Å². The highest BCUT2D eigenvalue weighted by atomic mass is 32.2. The number of rotatable bonds is 5. The second-order valence-corrected chi connectivity index (χ2v) is 5.92. The van der Waals surface area contributed by atoms with Gasteiger partial charge in [-0.2, -0.15) is 0 Å². The van der Waals surface area contributed by atoms with Gasteiger partial charge in [-0.1, -0.05) is 6.92 Å². The molecule has 0 aromatic rings. The summed E-state index contributed by atoms with van der Waals surface area (Å²) in [6, 6.07) is 0. The molecule has 5 heteroatoms. The molecule has 0 aliphatic carbocycles. The van der Waals surface area contributed by atoms with E-state index in [1.165, 1.54) is 18.9 Å². The molecule has 0 saturated carbocycles. The van der Waals surface area contributed by atoms with Gasteiger partial charge in [0.15, 0.2) is 0 Å². The molecule has 0 heterocycles. The second-order valence-electron chi connectivity index (χ2n) is 4.49. The largest absolute Gasteiger partial charge is 0.469 e. The van der Waals surface area contributed by atoms with Crippen LogP contribution in [-0.2, 0) is 19.1 Å². The van der Waals surface area contributed by atoms with Crippen molar-refractivity contribution in [1.29, 1.82) is 0 Å². The van der Waals surface area contributed by atoms with Crippen LogP contribution in [0.2, 0.25) is 0 Å². The van der Waals surface area contributed by atoms with E-state index in [1.807, 2.05) is 27.7 Å². The molecule has 0 radical (unpaired) electrons. The van der Waals surface area contributed by atoms with Crippen molar-refractivity contribution in [3.63, 3.8) is 0 Å². The number of hydrogen-bond donors (Lipinski definition) is 0. The predicted molar refractivity (Wildman–Crippen MR) is 64.4 cm³/mol. The molecule has 0 rings (SSSR count). The maximum atomic E-state index is 11.4. The van der Waals surface area contributed by atoms with Gasteiger partial charge in [-0.3, -0.25) is 9.59 Å². The van der Waals surface area contributed by atoms with Crippen LogP contribution in [0.15, 0.2) is 0 Å². The van der Waals surface area contributed by atoms with Crippen LogP contribution in [0, 0.1) is 0 Å². The normalized spacial score (nSPS) is 13.1. The number of ether oxygens (including phenoxy) is 2. The lowest BCUT2D eigenvalue weighted by molar-refractivity contribution is -0.151. The molecule has 94 valence electrons. The summed E-state index contributed by atoms with van der Waals surface area (Å²) in [5.74, 6) is -0.256. The Balaban J connectivity index is 3.79. The molecule has 0 fully saturated rings. The summed E-state index contributed by atoms with van der Waals surface area (Å²) in [5, 5.41) is 0.0555. The lowest BCUT2D eigenvalue weighted by Gasteiger charge is -2.19. The predicted octanol–water partition coefficient (Wildman–Crippen LogP) is 2.01. The zero-order valence-electron chi connectivity index (χ0n) is 10.5. The molecule has 0 aliphatic heterocycles. The number of hydrogen-bond acceptors (Lipinski definition) is 5. The molecule has 4 nitrogen and oxygen atoms in total. The summed E-state index contributed by atoms with van der Waals surface area (Å²) in [6.45, 7) is 7.36. The van der Waals surface area contributed by atoms with Crippen LogP contribution in [0.25, 0.3) is 0 Å². The molecular weight excluding hydrogens is 228 g/mol. The fourth-order valence-corrected chi connectivity index (χ4v) is 1.69. The van der Waals surface area contributed by atoms with E-state index < -0.39 is 5.60 Å². The molecular formula is C11H20O4S. The first-order valence-electron chi connectivity index (χ1n) is 5.15. The third kappa shape index (κ3) is 8.59. The molecule has 0 spiro atoms. The first-order valence-corrected chi connectivity index (χ1v) is 6.19. The minimum Gasteiger partial charge on any atom is -0.469 e. The Bertz CT molecular complexity index is 245. The summed E-state index contributed by atoms with van der Waals surface area (Å²) in [6.07, 6.45) is 0.309. The fraction of sp³-hybridized carbons (Fsp3) is 0.818. The fourth-order valence-electron chi connectivity index (χ4n) is 0.958. The van der Waals surface area contributed by atoms with Gasteiger partial charge in [-0.05, 0) is 20.8 Å². The van der Waals surface area contributed by atoms with Gasteiger partial charge in [0.1, 0.15) is 5.60 Å². The Morgan fingerprint density at radius 2 is 1.81 bits per heavy atom. The van der Waals surface area contributed by atoms with E-state index in [2.05, 4.69) is 4.74 Å². The van der Waals surface area contributed by atoms with Crippen LogP contribution in [0.1, 0.15) is 34.1 Å². The monoisotopic (exact) mass is 248 g/mol. The zero-order chi connectivity index (χ0) is 12.8. The third-order valence-electron chi connectivity index (χ3n) is 1.59. The Labute approximate surface area is 101 Å². The molecule has 0 N–H and O–H groups in total. The van der Waals surface area contributed by atoms with Gasteiger partial charge in [0.25, 0.3) is 0 Å². The summed E-state index contributed by atoms with van der Waals surface area (Å²) < 4.78 is 9.68. The molecule has 0 amide bonds. The van der Waals surface area contributed by atoms with Gasteiger partial charge in [0.05, 0.1) is 19.3 Å². The van der Waals surface area contributed by atoms with Crippen molar-refractivity contribution in [3.8, 4) is 0 Å². The Morgan fingerprint density at radius 3 is 2.25 bits per heavy atom. The first-order chi connectivity index (χ1) is 7.24. The van der Waals surface area contributed by atoms with E-state index in [1.54, 1.807) is 0 Å². The van der Waals surface area contributed by atoms with Crippen LogP contribution >= 0.6 is 11.8 Å². The third-order valence-corrected chi connectivity index (χ3v) is 2.73. The molecule has 0 aliphatic rings. The number of esters is 2. The molecule has 0 saturated heterocycles. The standard InChI is InChI=1S/C11H20O4S/c1-8(6-9(12)14-5)16-7-10(13)15-11(2,3)4/h8H,6-7H2,1-5H3. The average Bonchev–Trinajstić information content (AvgIpc) is 2.12. The lowest BCUT2D eigenvalue weighted by atomic mass is 10.2. The van der Waals surface area contributed by atoms with Gasteiger partial charge in [-0.25, -0.2) is 0 Å². The minimum atomic E-state index is -0.455. The second kappa shape index (κ2) is 6.78. The maximum absolute atomic E-state index is 11.4. The SMILES string of the molecule is COC(=O)CC(C)SCC(=O)OC(C)(C)C. The summed E-state index contributed by atoms with van der Waals surface area (Å²) >= 11 is 1.39. The van der Waals surface area contributed by atoms with Gasteiger partial charge in [0.2, 0.25) is 0 Å². The molecule has 1 unspecified atom stereocenters. The van der Waals surface area contributed by atoms with Crippen LogP contribution in [-0.4, -0.2) is 35.7 Å². The Hall–Kier alpha value is -0.710. The Kier molecular flexibility index (Phi) is 6.48. The first kappa shape index (κ1) is 15.3. The minimum absolute atomic E-state index is 0.0555. The maximum Gasteiger partial charge on any atom is 0.316 e. The van der Waals surface area contributed by atoms with Crippen molar-refractivity contribution in [2.45, 2.75) is 45.0 Å². The van der Waals surface area contributed by atoms with Crippen LogP contribution in [0.3, 0.4) is 0 Å². The number of thioether (sulfide) groups is 1. The number of carbonyl (C=O) groups is 2. The van der Waals surface area contributed by atoms with Gasteiger partial charge >= 0.3 is 11.9 Å². The summed E-state index contributed by atoms with van der Waals surface area (Å²) in [5.41, 5.74) is -0.455. The van der Waals surface area contributed by atoms with Gasteiger partial charge in [-0.15, -0.1) is 11.8 Å². The molecule has 0 aromatic carbocycles. The number of carbonyl (C=O) groups excluding carboxylic acids is 2. The highest BCUT2D eigenvalue weighted by Gasteiger charge is 2.18. The van der Waals surface area contributed by atoms with Crippen molar-refractivity contribution < 1.29 is 19.1 Å². The zero-order valence-corrected chi connectivity index (χ0v) is 11.3. The van der Waals surface area contributed by atoms with E-state index >= 15 is 0 Å². The van der Waals surface area contributed by atoms with Crippen molar-refractivity contribution in [3.05, 3.63) is 0 Å². The van der Waals surface area contributed by atoms with E-state index in [-0.39, 0.29) is 22.9 Å². The van der Waals surface area contributed by atoms with Crippen molar-refractivity contribution >= 4 is 23.7 Å². The van der Waals surface area contributed by atoms with Crippen molar-refractivity contribution in [2.75, 3.05) is 12.9 Å². The molecule has 0 aromatic heterocycles. The molecule has 16 heavy (non-hydrogen) atoms. The van der Waals surface area contributed by atoms with E-state index in [9.17, 15) is 9.59 Å². The van der Waals surface area contributed by atoms with Crippen LogP contribution in [0.5, 0.6) is 0 Å². The molecule has 0 bridgehead atoms. The van der Waals surface area contributed by atoms with E-state index in [0.717, 1.165) is 0 Å². The summed E-state index contributed by atoms with van der Waals surface area (Å²) in [4.78, 5) is 22.3. The highest BCUT2D eigenvalue weighted by Crippen LogP contribution is 2.16. The lowest BCUT2D eigenvalue weighted by Crippen LogP contribution is -2.25. The Morgan fingerprint density at radius 1 is 1.25 bits per heavy atom. The smallest absolute Gasteiger partial charge is 0.316 e. The van der Waals surface area contributed by atoms with Crippen molar-refractivity contribution in [2.24, 2.45) is 0 Å². The van der Waals surface area contributed by atoms with Gasteiger partial charge in [0, 0.05) is 5.25 Å². The number of methoxy groups -OCH3 is 1. The van der Waals surface area contributed by atoms with Gasteiger partial charge < -0.3 is 9.47 Å². The topological polar surface area (TPSA) is 52.6 Å². The van der Waals surface area contributed by atoms with Crippen LogP contribution in [0.4, 0.5) is 0 Å². The quantitative estimate of drug-likeness (QED) is 0.697. The average molecular weight is 248 g/mol.